The highest BCUT2D eigenvalue weighted by atomic mass is 35.5. The zero-order valence-electron chi connectivity index (χ0n) is 30.9. The smallest absolute Gasteiger partial charge is 0.296 e. The van der Waals surface area contributed by atoms with E-state index in [1.807, 2.05) is 0 Å². The number of pyridine rings is 1. The second-order valence-electron chi connectivity index (χ2n) is 12.8. The number of nitriles is 2. The van der Waals surface area contributed by atoms with Gasteiger partial charge in [-0.3, -0.25) is 9.11 Å². The van der Waals surface area contributed by atoms with E-state index in [2.05, 4.69) is 48.2 Å². The molecule has 0 amide bonds. The van der Waals surface area contributed by atoms with E-state index in [1.54, 1.807) is 61.5 Å². The Morgan fingerprint density at radius 1 is 0.705 bits per heavy atom. The summed E-state index contributed by atoms with van der Waals surface area (Å²) in [5, 5.41) is 55.9. The summed E-state index contributed by atoms with van der Waals surface area (Å²) in [5.41, 5.74) is 1.97. The van der Waals surface area contributed by atoms with Gasteiger partial charge in [0.25, 0.3) is 20.2 Å². The van der Waals surface area contributed by atoms with E-state index in [4.69, 9.17) is 23.2 Å². The van der Waals surface area contributed by atoms with Crippen LogP contribution in [-0.4, -0.2) is 36.0 Å². The first-order valence-corrected chi connectivity index (χ1v) is 21.7. The van der Waals surface area contributed by atoms with Gasteiger partial charge in [0, 0.05) is 32.9 Å². The molecule has 21 heteroatoms. The molecule has 0 spiro atoms. The summed E-state index contributed by atoms with van der Waals surface area (Å²) in [6.45, 7) is 1.58. The van der Waals surface area contributed by atoms with Gasteiger partial charge in [-0.15, -0.1) is 20.5 Å². The molecule has 0 bridgehead atoms. The summed E-state index contributed by atoms with van der Waals surface area (Å²) in [5.74, 6) is 0.0159. The highest BCUT2D eigenvalue weighted by Crippen LogP contribution is 2.49. The Morgan fingerprint density at radius 3 is 2.03 bits per heavy atom. The van der Waals surface area contributed by atoms with Crippen LogP contribution in [-0.2, 0) is 20.2 Å². The van der Waals surface area contributed by atoms with Gasteiger partial charge in [0.05, 0.1) is 16.3 Å². The molecule has 5 N–H and O–H groups in total. The van der Waals surface area contributed by atoms with Crippen LogP contribution < -0.4 is 10.6 Å². The largest absolute Gasteiger partial charge is 0.508 e. The number of nitrogens with zero attached hydrogens (tertiary/aromatic N) is 7. The van der Waals surface area contributed by atoms with Crippen molar-refractivity contribution in [2.75, 3.05) is 10.6 Å². The van der Waals surface area contributed by atoms with Crippen LogP contribution in [0.15, 0.2) is 133 Å². The predicted octanol–water partition coefficient (Wildman–Crippen LogP) is 11.8. The van der Waals surface area contributed by atoms with Crippen LogP contribution in [0.4, 0.5) is 44.4 Å². The third-order valence-corrected chi connectivity index (χ3v) is 12.3. The van der Waals surface area contributed by atoms with Crippen molar-refractivity contribution in [3.05, 3.63) is 130 Å². The molecule has 0 saturated carbocycles. The molecular weight excluding hydrogens is 886 g/mol. The molecule has 304 valence electrons. The van der Waals surface area contributed by atoms with E-state index < -0.39 is 25.1 Å². The third kappa shape index (κ3) is 9.18. The first-order valence-electron chi connectivity index (χ1n) is 17.3. The number of aromatic hydroxyl groups is 1. The SMILES string of the molecule is Cc1c(C#N)c(Nc2ccc(Cl)c(S(=O)(=O)O)c2)nc(Nc2ccc(Cl)cc2)c1N=Nc1sc(N=Nc2ccc3cccc(S(=O)(=O)O)c3c2)c(-c2ccc(O)cc2)c1C#N. The number of phenolic OH excluding ortho intramolecular Hbond substituents is 1. The van der Waals surface area contributed by atoms with Gasteiger partial charge in [-0.25, -0.2) is 4.98 Å². The summed E-state index contributed by atoms with van der Waals surface area (Å²) in [4.78, 5) is 3.74. The van der Waals surface area contributed by atoms with Crippen molar-refractivity contribution < 1.29 is 31.0 Å². The Balaban J connectivity index is 1.36. The van der Waals surface area contributed by atoms with E-state index in [-0.39, 0.29) is 76.4 Å². The second-order valence-corrected chi connectivity index (χ2v) is 17.4. The van der Waals surface area contributed by atoms with E-state index in [9.17, 15) is 41.6 Å². The average Bonchev–Trinajstić information content (AvgIpc) is 3.57. The molecule has 2 heterocycles. The number of halogens is 2. The highest BCUT2D eigenvalue weighted by Gasteiger charge is 2.23. The van der Waals surface area contributed by atoms with E-state index >= 15 is 0 Å². The normalized spacial score (nSPS) is 11.9. The van der Waals surface area contributed by atoms with Gasteiger partial charge in [0.1, 0.15) is 43.9 Å². The maximum atomic E-state index is 12.1. The lowest BCUT2D eigenvalue weighted by atomic mass is 10.0. The Labute approximate surface area is 361 Å². The minimum Gasteiger partial charge on any atom is -0.508 e. The van der Waals surface area contributed by atoms with Crippen molar-refractivity contribution in [3.63, 3.8) is 0 Å². The van der Waals surface area contributed by atoms with Gasteiger partial charge in [-0.05, 0) is 90.7 Å². The van der Waals surface area contributed by atoms with Gasteiger partial charge in [0.2, 0.25) is 0 Å². The lowest BCUT2D eigenvalue weighted by Gasteiger charge is -2.16. The van der Waals surface area contributed by atoms with Crippen molar-refractivity contribution >= 4 is 110 Å². The Morgan fingerprint density at radius 2 is 1.36 bits per heavy atom. The molecule has 0 saturated heterocycles. The predicted molar refractivity (Wildman–Crippen MR) is 231 cm³/mol. The Bertz CT molecular complexity index is 3280. The quantitative estimate of drug-likeness (QED) is 0.0599. The number of azo groups is 2. The zero-order chi connectivity index (χ0) is 43.6. The summed E-state index contributed by atoms with van der Waals surface area (Å²) in [6, 6.07) is 29.6. The Kier molecular flexibility index (Phi) is 11.8. The van der Waals surface area contributed by atoms with Crippen molar-refractivity contribution in [2.45, 2.75) is 16.7 Å². The van der Waals surface area contributed by atoms with Crippen molar-refractivity contribution in [1.82, 2.24) is 4.98 Å². The maximum absolute atomic E-state index is 12.1. The number of benzene rings is 5. The number of nitrogens with one attached hydrogen (secondary N) is 2. The van der Waals surface area contributed by atoms with Crippen LogP contribution >= 0.6 is 34.5 Å². The minimum atomic E-state index is -4.71. The van der Waals surface area contributed by atoms with Crippen LogP contribution in [0.25, 0.3) is 21.9 Å². The molecule has 2 aromatic heterocycles. The topological polar surface area (TPSA) is 263 Å². The first-order chi connectivity index (χ1) is 29.0. The molecule has 61 heavy (non-hydrogen) atoms. The van der Waals surface area contributed by atoms with Crippen LogP contribution in [0.2, 0.25) is 10.0 Å². The Hall–Kier alpha value is -6.81. The fraction of sp³-hybridized carbons (Fsp3) is 0.0250. The number of anilines is 4. The van der Waals surface area contributed by atoms with Crippen molar-refractivity contribution in [3.8, 4) is 29.0 Å². The number of fused-ring (bicyclic) bond motifs is 1. The minimum absolute atomic E-state index is 0.0162. The van der Waals surface area contributed by atoms with Gasteiger partial charge in [-0.2, -0.15) is 27.4 Å². The molecule has 0 unspecified atom stereocenters. The monoisotopic (exact) mass is 909 g/mol. The third-order valence-electron chi connectivity index (χ3n) is 8.85. The summed E-state index contributed by atoms with van der Waals surface area (Å²) in [7, 11) is -9.27. The van der Waals surface area contributed by atoms with Gasteiger partial charge >= 0.3 is 0 Å². The number of hydrogen-bond acceptors (Lipinski definition) is 15. The number of phenols is 1. The second kappa shape index (κ2) is 17.0. The van der Waals surface area contributed by atoms with E-state index in [0.717, 1.165) is 17.4 Å². The molecule has 0 aliphatic carbocycles. The molecule has 0 atom stereocenters. The number of thiophene rings is 1. The molecule has 0 aliphatic rings. The number of aromatic nitrogens is 1. The van der Waals surface area contributed by atoms with Gasteiger partial charge in [0.15, 0.2) is 16.6 Å². The zero-order valence-corrected chi connectivity index (χ0v) is 34.9. The number of hydrogen-bond donors (Lipinski definition) is 5. The van der Waals surface area contributed by atoms with Crippen LogP contribution in [0, 0.1) is 29.6 Å². The molecule has 0 radical (unpaired) electrons. The fourth-order valence-corrected chi connectivity index (χ4v) is 8.73. The van der Waals surface area contributed by atoms with Crippen molar-refractivity contribution in [1.29, 1.82) is 10.5 Å². The lowest BCUT2D eigenvalue weighted by Crippen LogP contribution is -2.05. The van der Waals surface area contributed by atoms with Crippen LogP contribution in [0.5, 0.6) is 5.75 Å². The molecule has 16 nitrogen and oxygen atoms in total. The summed E-state index contributed by atoms with van der Waals surface area (Å²) in [6.07, 6.45) is 0. The van der Waals surface area contributed by atoms with Crippen LogP contribution in [0.1, 0.15) is 16.7 Å². The molecule has 7 rings (SSSR count). The van der Waals surface area contributed by atoms with Crippen LogP contribution in [0.3, 0.4) is 0 Å². The average molecular weight is 911 g/mol. The van der Waals surface area contributed by atoms with E-state index in [0.29, 0.717) is 27.2 Å². The molecule has 0 aliphatic heterocycles. The van der Waals surface area contributed by atoms with Gasteiger partial charge < -0.3 is 15.7 Å². The summed E-state index contributed by atoms with van der Waals surface area (Å²) < 4.78 is 67.6. The molecule has 0 fully saturated rings. The molecule has 5 aromatic carbocycles. The first kappa shape index (κ1) is 42.3. The van der Waals surface area contributed by atoms with Gasteiger partial charge in [-0.1, -0.05) is 64.9 Å². The fourth-order valence-electron chi connectivity index (χ4n) is 5.98. The highest BCUT2D eigenvalue weighted by molar-refractivity contribution is 7.86. The van der Waals surface area contributed by atoms with Crippen molar-refractivity contribution in [2.24, 2.45) is 20.5 Å². The molecule has 7 aromatic rings. The molecular formula is C40H25Cl2N9O7S3. The maximum Gasteiger partial charge on any atom is 0.296 e. The summed E-state index contributed by atoms with van der Waals surface area (Å²) >= 11 is 13.1. The standard InChI is InChI=1S/C40H25Cl2N9O7S3/c1-21-30(19-43)37(46-26-13-16-32(42)34(18-26)61(56,57)58)47-38(45-25-11-8-24(41)9-12-25)36(21)49-50-39-31(20-44)35(23-6-14-28(52)15-7-23)40(59-39)51-48-27-10-5-22-3-2-4-33(29(22)17-27)60(53,54)55/h2-18,52H,1H3,(H2,45,46,47)(H,53,54,55)(H,56,57,58). The lowest BCUT2D eigenvalue weighted by molar-refractivity contribution is 0.475. The number of rotatable bonds is 11. The van der Waals surface area contributed by atoms with E-state index in [1.165, 1.54) is 42.5 Å².